The zero-order valence-corrected chi connectivity index (χ0v) is 13.6. The van der Waals surface area contributed by atoms with Gasteiger partial charge in [-0.2, -0.15) is 13.2 Å². The second kappa shape index (κ2) is 6.91. The predicted molar refractivity (Wildman–Crippen MR) is 92.4 cm³/mol. The highest BCUT2D eigenvalue weighted by Crippen LogP contribution is 2.31. The molecule has 0 spiro atoms. The number of rotatable bonds is 3. The average Bonchev–Trinajstić information content (AvgIpc) is 2.61. The first-order valence-electron chi connectivity index (χ1n) is 7.55. The van der Waals surface area contributed by atoms with Crippen LogP contribution in [0.4, 0.5) is 29.3 Å². The van der Waals surface area contributed by atoms with Crippen LogP contribution >= 0.6 is 0 Å². The topological polar surface area (TPSA) is 63.2 Å². The zero-order valence-electron chi connectivity index (χ0n) is 13.6. The molecule has 0 saturated carbocycles. The van der Waals surface area contributed by atoms with Gasteiger partial charge in [-0.15, -0.1) is 0 Å². The molecule has 0 unspecified atom stereocenters. The Morgan fingerprint density at radius 2 is 1.88 bits per heavy atom. The number of fused-ring (bicyclic) bond motifs is 1. The normalized spacial score (nSPS) is 11.2. The van der Waals surface area contributed by atoms with Crippen LogP contribution in [-0.4, -0.2) is 18.1 Å². The summed E-state index contributed by atoms with van der Waals surface area (Å²) >= 11 is 0. The number of hydrogen-bond acceptors (Lipinski definition) is 3. The highest BCUT2D eigenvalue weighted by Gasteiger charge is 2.30. The highest BCUT2D eigenvalue weighted by molar-refractivity contribution is 6.05. The van der Waals surface area contributed by atoms with E-state index in [1.54, 1.807) is 30.5 Å². The van der Waals surface area contributed by atoms with Crippen LogP contribution in [0, 0.1) is 0 Å². The van der Waals surface area contributed by atoms with Crippen molar-refractivity contribution >= 4 is 28.3 Å². The number of nitrogens with one attached hydrogen (secondary N) is 2. The fourth-order valence-electron chi connectivity index (χ4n) is 2.44. The first-order chi connectivity index (χ1) is 12.4. The molecule has 0 aliphatic rings. The van der Waals surface area contributed by atoms with E-state index in [1.165, 1.54) is 19.2 Å². The van der Waals surface area contributed by atoms with E-state index in [4.69, 9.17) is 4.74 Å². The molecule has 2 amide bonds. The van der Waals surface area contributed by atoms with Crippen LogP contribution in [0.5, 0.6) is 5.75 Å². The van der Waals surface area contributed by atoms with E-state index < -0.39 is 17.8 Å². The number of aromatic nitrogens is 1. The molecule has 3 rings (SSSR count). The minimum atomic E-state index is -4.49. The van der Waals surface area contributed by atoms with Gasteiger partial charge in [-0.05, 0) is 30.3 Å². The molecule has 0 atom stereocenters. The minimum Gasteiger partial charge on any atom is -0.497 e. The van der Waals surface area contributed by atoms with Gasteiger partial charge in [0.2, 0.25) is 0 Å². The van der Waals surface area contributed by atoms with Gasteiger partial charge in [-0.25, -0.2) is 4.79 Å². The molecule has 1 heterocycles. The van der Waals surface area contributed by atoms with Crippen LogP contribution in [0.25, 0.3) is 10.9 Å². The molecule has 0 fully saturated rings. The Morgan fingerprint density at radius 3 is 2.62 bits per heavy atom. The number of pyridine rings is 1. The van der Waals surface area contributed by atoms with E-state index >= 15 is 0 Å². The maximum absolute atomic E-state index is 12.8. The average molecular weight is 361 g/mol. The maximum atomic E-state index is 12.8. The number of alkyl halides is 3. The maximum Gasteiger partial charge on any atom is 0.416 e. The number of amides is 2. The number of halogens is 3. The lowest BCUT2D eigenvalue weighted by Gasteiger charge is -2.12. The fourth-order valence-corrected chi connectivity index (χ4v) is 2.44. The number of urea groups is 1. The molecule has 0 bridgehead atoms. The number of anilines is 2. The summed E-state index contributed by atoms with van der Waals surface area (Å²) < 4.78 is 43.5. The van der Waals surface area contributed by atoms with Crippen molar-refractivity contribution in [2.24, 2.45) is 0 Å². The van der Waals surface area contributed by atoms with Crippen LogP contribution in [0.3, 0.4) is 0 Å². The molecule has 26 heavy (non-hydrogen) atoms. The van der Waals surface area contributed by atoms with Crippen molar-refractivity contribution in [2.75, 3.05) is 17.7 Å². The largest absolute Gasteiger partial charge is 0.497 e. The van der Waals surface area contributed by atoms with E-state index in [-0.39, 0.29) is 5.69 Å². The molecule has 0 radical (unpaired) electrons. The van der Waals surface area contributed by atoms with E-state index in [2.05, 4.69) is 15.6 Å². The number of nitrogens with zero attached hydrogens (tertiary/aromatic N) is 1. The van der Waals surface area contributed by atoms with Crippen molar-refractivity contribution in [3.63, 3.8) is 0 Å². The Labute approximate surface area is 146 Å². The number of carbonyl (C=O) groups is 1. The van der Waals surface area contributed by atoms with Gasteiger partial charge in [0, 0.05) is 23.3 Å². The lowest BCUT2D eigenvalue weighted by atomic mass is 10.2. The first kappa shape index (κ1) is 17.5. The third-order valence-corrected chi connectivity index (χ3v) is 3.61. The van der Waals surface area contributed by atoms with Crippen molar-refractivity contribution < 1.29 is 22.7 Å². The van der Waals surface area contributed by atoms with Crippen molar-refractivity contribution in [1.82, 2.24) is 4.98 Å². The number of benzene rings is 2. The van der Waals surface area contributed by atoms with Crippen LogP contribution in [0.1, 0.15) is 5.56 Å². The summed E-state index contributed by atoms with van der Waals surface area (Å²) in [4.78, 5) is 16.4. The smallest absolute Gasteiger partial charge is 0.416 e. The van der Waals surface area contributed by atoms with E-state index in [0.717, 1.165) is 17.5 Å². The lowest BCUT2D eigenvalue weighted by Crippen LogP contribution is -2.20. The summed E-state index contributed by atoms with van der Waals surface area (Å²) in [6, 6.07) is 10.6. The second-order valence-electron chi connectivity index (χ2n) is 5.41. The summed E-state index contributed by atoms with van der Waals surface area (Å²) in [5.41, 5.74) is 0.0956. The molecule has 2 N–H and O–H groups in total. The minimum absolute atomic E-state index is 0.0254. The van der Waals surface area contributed by atoms with Crippen molar-refractivity contribution in [1.29, 1.82) is 0 Å². The summed E-state index contributed by atoms with van der Waals surface area (Å²) in [6.45, 7) is 0. The van der Waals surface area contributed by atoms with Crippen LogP contribution in [-0.2, 0) is 6.18 Å². The van der Waals surface area contributed by atoms with E-state index in [1.807, 2.05) is 0 Å². The van der Waals surface area contributed by atoms with Gasteiger partial charge in [-0.3, -0.25) is 4.98 Å². The molecular weight excluding hydrogens is 347 g/mol. The van der Waals surface area contributed by atoms with E-state index in [0.29, 0.717) is 17.0 Å². The zero-order chi connectivity index (χ0) is 18.7. The number of hydrogen-bond donors (Lipinski definition) is 2. The predicted octanol–water partition coefficient (Wildman–Crippen LogP) is 4.91. The quantitative estimate of drug-likeness (QED) is 0.697. The number of carbonyl (C=O) groups excluding carboxylic acids is 1. The fraction of sp³-hybridized carbons (Fsp3) is 0.111. The molecule has 3 aromatic rings. The Kier molecular flexibility index (Phi) is 4.66. The Morgan fingerprint density at radius 1 is 1.08 bits per heavy atom. The Bertz CT molecular complexity index is 958. The van der Waals surface area contributed by atoms with E-state index in [9.17, 15) is 18.0 Å². The van der Waals surface area contributed by atoms with Crippen molar-refractivity contribution in [3.05, 3.63) is 60.3 Å². The highest BCUT2D eigenvalue weighted by atomic mass is 19.4. The third-order valence-electron chi connectivity index (χ3n) is 3.61. The van der Waals surface area contributed by atoms with Gasteiger partial charge in [0.25, 0.3) is 0 Å². The Hall–Kier alpha value is -3.29. The molecule has 1 aromatic heterocycles. The molecule has 0 aliphatic carbocycles. The van der Waals surface area contributed by atoms with Gasteiger partial charge in [0.1, 0.15) is 5.75 Å². The standard InChI is InChI=1S/C18H14F3N3O2/c1-26-14-8-11-4-3-7-22-16(11)15(10-14)24-17(25)23-13-6-2-5-12(9-13)18(19,20)21/h2-10H,1H3,(H2,23,24,25). The van der Waals surface area contributed by atoms with Gasteiger partial charge in [-0.1, -0.05) is 12.1 Å². The lowest BCUT2D eigenvalue weighted by molar-refractivity contribution is -0.137. The molecular formula is C18H14F3N3O2. The molecule has 5 nitrogen and oxygen atoms in total. The SMILES string of the molecule is COc1cc(NC(=O)Nc2cccc(C(F)(F)F)c2)c2ncccc2c1. The van der Waals surface area contributed by atoms with Crippen molar-refractivity contribution in [3.8, 4) is 5.75 Å². The molecule has 0 saturated heterocycles. The summed E-state index contributed by atoms with van der Waals surface area (Å²) in [5.74, 6) is 0.514. The third kappa shape index (κ3) is 3.85. The monoisotopic (exact) mass is 361 g/mol. The van der Waals surface area contributed by atoms with Gasteiger partial charge in [0.15, 0.2) is 0 Å². The van der Waals surface area contributed by atoms with Crippen LogP contribution in [0.15, 0.2) is 54.7 Å². The Balaban J connectivity index is 1.84. The summed E-state index contributed by atoms with van der Waals surface area (Å²) in [6.07, 6.45) is -2.91. The molecule has 0 aliphatic heterocycles. The molecule has 2 aromatic carbocycles. The second-order valence-corrected chi connectivity index (χ2v) is 5.41. The van der Waals surface area contributed by atoms with Gasteiger partial charge in [0.05, 0.1) is 23.9 Å². The van der Waals surface area contributed by atoms with Crippen LogP contribution in [0.2, 0.25) is 0 Å². The summed E-state index contributed by atoms with van der Waals surface area (Å²) in [7, 11) is 1.49. The van der Waals surface area contributed by atoms with Crippen molar-refractivity contribution in [2.45, 2.75) is 6.18 Å². The molecule has 8 heteroatoms. The molecule has 134 valence electrons. The van der Waals surface area contributed by atoms with Gasteiger partial charge < -0.3 is 15.4 Å². The summed E-state index contributed by atoms with van der Waals surface area (Å²) in [5, 5.41) is 5.73. The number of ether oxygens (including phenoxy) is 1. The van der Waals surface area contributed by atoms with Crippen LogP contribution < -0.4 is 15.4 Å². The first-order valence-corrected chi connectivity index (χ1v) is 7.55. The van der Waals surface area contributed by atoms with Gasteiger partial charge >= 0.3 is 12.2 Å². The number of methoxy groups -OCH3 is 1.